The van der Waals surface area contributed by atoms with Crippen LogP contribution >= 0.6 is 0 Å². The van der Waals surface area contributed by atoms with Crippen LogP contribution in [0, 0.1) is 0 Å². The Morgan fingerprint density at radius 1 is 0.857 bits per heavy atom. The highest BCUT2D eigenvalue weighted by atomic mass is 16.4. The number of carboxylic acids is 2. The number of anilines is 1. The van der Waals surface area contributed by atoms with Crippen molar-refractivity contribution >= 4 is 17.6 Å². The van der Waals surface area contributed by atoms with Crippen LogP contribution in [-0.2, 0) is 13.1 Å². The van der Waals surface area contributed by atoms with Gasteiger partial charge in [-0.2, -0.15) is 0 Å². The van der Waals surface area contributed by atoms with Gasteiger partial charge in [0.15, 0.2) is 0 Å². The molecule has 1 aliphatic heterocycles. The summed E-state index contributed by atoms with van der Waals surface area (Å²) < 4.78 is 0. The largest absolute Gasteiger partial charge is 0.478 e. The van der Waals surface area contributed by atoms with Crippen LogP contribution in [0.2, 0.25) is 0 Å². The van der Waals surface area contributed by atoms with E-state index in [0.29, 0.717) is 18.8 Å². The van der Waals surface area contributed by atoms with Crippen LogP contribution in [-0.4, -0.2) is 22.2 Å². The van der Waals surface area contributed by atoms with Crippen molar-refractivity contribution in [2.75, 3.05) is 4.90 Å². The fourth-order valence-electron chi connectivity index (χ4n) is 2.61. The molecule has 2 N–H and O–H groups in total. The van der Waals surface area contributed by atoms with Gasteiger partial charge in [-0.05, 0) is 29.3 Å². The van der Waals surface area contributed by atoms with Crippen molar-refractivity contribution in [2.24, 2.45) is 0 Å². The zero-order valence-electron chi connectivity index (χ0n) is 11.1. The SMILES string of the molecule is O=C(O)c1ccc(N2Cc3ccccc3C2)cc1C(=O)O. The molecule has 0 amide bonds. The first-order chi connectivity index (χ1) is 10.1. The highest BCUT2D eigenvalue weighted by Crippen LogP contribution is 2.29. The van der Waals surface area contributed by atoms with Gasteiger partial charge in [-0.3, -0.25) is 0 Å². The molecule has 0 aromatic heterocycles. The van der Waals surface area contributed by atoms with Crippen molar-refractivity contribution in [3.05, 3.63) is 64.7 Å². The molecule has 0 unspecified atom stereocenters. The lowest BCUT2D eigenvalue weighted by atomic mass is 10.1. The minimum atomic E-state index is -1.23. The molecule has 21 heavy (non-hydrogen) atoms. The zero-order valence-corrected chi connectivity index (χ0v) is 11.1. The first-order valence-corrected chi connectivity index (χ1v) is 6.48. The Labute approximate surface area is 121 Å². The monoisotopic (exact) mass is 283 g/mol. The third-order valence-corrected chi connectivity index (χ3v) is 3.67. The molecule has 106 valence electrons. The number of carbonyl (C=O) groups is 2. The molecule has 5 nitrogen and oxygen atoms in total. The fraction of sp³-hybridized carbons (Fsp3) is 0.125. The Hall–Kier alpha value is -2.82. The summed E-state index contributed by atoms with van der Waals surface area (Å²) in [5.41, 5.74) is 2.75. The second-order valence-electron chi connectivity index (χ2n) is 4.96. The van der Waals surface area contributed by atoms with Crippen LogP contribution in [0.1, 0.15) is 31.8 Å². The normalized spacial score (nSPS) is 13.0. The van der Waals surface area contributed by atoms with Gasteiger partial charge in [0.2, 0.25) is 0 Å². The van der Waals surface area contributed by atoms with E-state index in [2.05, 4.69) is 0 Å². The Morgan fingerprint density at radius 2 is 1.43 bits per heavy atom. The van der Waals surface area contributed by atoms with Crippen LogP contribution in [0.15, 0.2) is 42.5 Å². The van der Waals surface area contributed by atoms with E-state index < -0.39 is 11.9 Å². The molecule has 0 saturated carbocycles. The van der Waals surface area contributed by atoms with Gasteiger partial charge in [0.05, 0.1) is 11.1 Å². The second-order valence-corrected chi connectivity index (χ2v) is 4.96. The molecule has 0 atom stereocenters. The smallest absolute Gasteiger partial charge is 0.336 e. The number of rotatable bonds is 3. The average molecular weight is 283 g/mol. The van der Waals surface area contributed by atoms with Gasteiger partial charge >= 0.3 is 11.9 Å². The summed E-state index contributed by atoms with van der Waals surface area (Å²) in [6.07, 6.45) is 0. The van der Waals surface area contributed by atoms with E-state index in [-0.39, 0.29) is 11.1 Å². The first kappa shape index (κ1) is 13.2. The molecule has 0 fully saturated rings. The number of hydrogen-bond acceptors (Lipinski definition) is 3. The van der Waals surface area contributed by atoms with Crippen LogP contribution in [0.4, 0.5) is 5.69 Å². The summed E-state index contributed by atoms with van der Waals surface area (Å²) in [5.74, 6) is -2.46. The van der Waals surface area contributed by atoms with E-state index in [1.807, 2.05) is 29.2 Å². The molecule has 1 heterocycles. The van der Waals surface area contributed by atoms with Gasteiger partial charge < -0.3 is 15.1 Å². The van der Waals surface area contributed by atoms with Crippen LogP contribution < -0.4 is 4.90 Å². The Balaban J connectivity index is 1.96. The maximum atomic E-state index is 11.2. The molecular weight excluding hydrogens is 270 g/mol. The van der Waals surface area contributed by atoms with Crippen molar-refractivity contribution in [1.82, 2.24) is 0 Å². The Kier molecular flexibility index (Phi) is 3.10. The molecule has 0 spiro atoms. The molecule has 2 aromatic rings. The number of aromatic carboxylic acids is 2. The van der Waals surface area contributed by atoms with Gasteiger partial charge in [0.1, 0.15) is 0 Å². The van der Waals surface area contributed by atoms with Gasteiger partial charge in [0.25, 0.3) is 0 Å². The minimum absolute atomic E-state index is 0.184. The molecule has 0 radical (unpaired) electrons. The number of benzene rings is 2. The van der Waals surface area contributed by atoms with Crippen molar-refractivity contribution in [3.63, 3.8) is 0 Å². The maximum absolute atomic E-state index is 11.2. The summed E-state index contributed by atoms with van der Waals surface area (Å²) >= 11 is 0. The van der Waals surface area contributed by atoms with Crippen LogP contribution in [0.25, 0.3) is 0 Å². The van der Waals surface area contributed by atoms with E-state index in [4.69, 9.17) is 5.11 Å². The van der Waals surface area contributed by atoms with Crippen LogP contribution in [0.3, 0.4) is 0 Å². The molecule has 5 heteroatoms. The molecule has 2 aromatic carbocycles. The van der Waals surface area contributed by atoms with Crippen molar-refractivity contribution < 1.29 is 19.8 Å². The quantitative estimate of drug-likeness (QED) is 0.905. The molecular formula is C16H13NO4. The Morgan fingerprint density at radius 3 is 1.95 bits per heavy atom. The van der Waals surface area contributed by atoms with Crippen molar-refractivity contribution in [1.29, 1.82) is 0 Å². The first-order valence-electron chi connectivity index (χ1n) is 6.48. The number of hydrogen-bond donors (Lipinski definition) is 2. The van der Waals surface area contributed by atoms with E-state index in [9.17, 15) is 14.7 Å². The van der Waals surface area contributed by atoms with Gasteiger partial charge in [-0.25, -0.2) is 9.59 Å². The molecule has 1 aliphatic rings. The molecule has 3 rings (SSSR count). The van der Waals surface area contributed by atoms with Gasteiger partial charge in [0, 0.05) is 18.8 Å². The van der Waals surface area contributed by atoms with Crippen molar-refractivity contribution in [3.8, 4) is 0 Å². The topological polar surface area (TPSA) is 77.8 Å². The van der Waals surface area contributed by atoms with E-state index in [1.54, 1.807) is 6.07 Å². The lowest BCUT2D eigenvalue weighted by Gasteiger charge is -2.18. The van der Waals surface area contributed by atoms with Crippen LogP contribution in [0.5, 0.6) is 0 Å². The van der Waals surface area contributed by atoms with Crippen molar-refractivity contribution in [2.45, 2.75) is 13.1 Å². The summed E-state index contributed by atoms with van der Waals surface area (Å²) in [5, 5.41) is 18.2. The molecule has 0 saturated heterocycles. The fourth-order valence-corrected chi connectivity index (χ4v) is 2.61. The Bertz CT molecular complexity index is 714. The summed E-state index contributed by atoms with van der Waals surface area (Å²) in [6, 6.07) is 12.5. The average Bonchev–Trinajstić information content (AvgIpc) is 2.90. The predicted octanol–water partition coefficient (Wildman–Crippen LogP) is 2.60. The maximum Gasteiger partial charge on any atom is 0.336 e. The highest BCUT2D eigenvalue weighted by molar-refractivity contribution is 6.02. The van der Waals surface area contributed by atoms with Gasteiger partial charge in [-0.1, -0.05) is 24.3 Å². The molecule has 0 bridgehead atoms. The van der Waals surface area contributed by atoms with E-state index >= 15 is 0 Å². The third-order valence-electron chi connectivity index (χ3n) is 3.67. The number of nitrogens with zero attached hydrogens (tertiary/aromatic N) is 1. The minimum Gasteiger partial charge on any atom is -0.478 e. The summed E-state index contributed by atoms with van der Waals surface area (Å²) in [7, 11) is 0. The van der Waals surface area contributed by atoms with E-state index in [1.165, 1.54) is 23.3 Å². The molecule has 0 aliphatic carbocycles. The standard InChI is InChI=1S/C16H13NO4/c18-15(19)13-6-5-12(7-14(13)16(20)21)17-8-10-3-1-2-4-11(10)9-17/h1-7H,8-9H2,(H,18,19)(H,20,21). The van der Waals surface area contributed by atoms with E-state index in [0.717, 1.165) is 0 Å². The lowest BCUT2D eigenvalue weighted by Crippen LogP contribution is -2.16. The number of carboxylic acid groups (broad SMARTS) is 2. The number of fused-ring (bicyclic) bond motifs is 1. The summed E-state index contributed by atoms with van der Waals surface area (Å²) in [6.45, 7) is 1.39. The predicted molar refractivity (Wildman–Crippen MR) is 76.7 cm³/mol. The second kappa shape index (κ2) is 4.94. The lowest BCUT2D eigenvalue weighted by molar-refractivity contribution is 0.0651. The van der Waals surface area contributed by atoms with Gasteiger partial charge in [-0.15, -0.1) is 0 Å². The summed E-state index contributed by atoms with van der Waals surface area (Å²) in [4.78, 5) is 24.3. The highest BCUT2D eigenvalue weighted by Gasteiger charge is 2.22. The third kappa shape index (κ3) is 2.33. The zero-order chi connectivity index (χ0) is 15.0.